The molecule has 152 valence electrons. The largest absolute Gasteiger partial charge is 0.490 e. The predicted octanol–water partition coefficient (Wildman–Crippen LogP) is 3.30. The van der Waals surface area contributed by atoms with Crippen LogP contribution in [-0.4, -0.2) is 53.8 Å². The maximum Gasteiger partial charge on any atom is 0.145 e. The maximum atomic E-state index is 13.7. The molecule has 1 unspecified atom stereocenters. The predicted molar refractivity (Wildman–Crippen MR) is 109 cm³/mol. The van der Waals surface area contributed by atoms with Crippen molar-refractivity contribution in [2.45, 2.75) is 5.60 Å². The van der Waals surface area contributed by atoms with Crippen molar-refractivity contribution in [2.24, 2.45) is 0 Å². The van der Waals surface area contributed by atoms with Crippen LogP contribution in [0.25, 0.3) is 10.9 Å². The molecule has 2 N–H and O–H groups in total. The first-order chi connectivity index (χ1) is 14.0. The minimum atomic E-state index is -1.52. The minimum absolute atomic E-state index is 0.0200. The fourth-order valence-corrected chi connectivity index (χ4v) is 3.42. The number of fused-ring (bicyclic) bond motifs is 1. The first-order valence-electron chi connectivity index (χ1n) is 9.14. The van der Waals surface area contributed by atoms with Gasteiger partial charge >= 0.3 is 0 Å². The number of ether oxygens (including phenoxy) is 2. The summed E-state index contributed by atoms with van der Waals surface area (Å²) in [4.78, 5) is 6.34. The summed E-state index contributed by atoms with van der Waals surface area (Å²) in [6, 6.07) is 11.8. The zero-order valence-corrected chi connectivity index (χ0v) is 16.3. The second-order valence-corrected chi connectivity index (χ2v) is 7.39. The van der Waals surface area contributed by atoms with Crippen LogP contribution in [0.1, 0.15) is 0 Å². The van der Waals surface area contributed by atoms with Crippen LogP contribution >= 0.6 is 11.6 Å². The quantitative estimate of drug-likeness (QED) is 0.665. The fraction of sp³-hybridized carbons (Fsp3) is 0.286. The van der Waals surface area contributed by atoms with Crippen molar-refractivity contribution in [3.05, 3.63) is 59.5 Å². The van der Waals surface area contributed by atoms with E-state index in [1.165, 1.54) is 6.07 Å². The number of pyridine rings is 1. The van der Waals surface area contributed by atoms with Crippen molar-refractivity contribution in [1.82, 2.24) is 4.98 Å². The number of hydrogen-bond acceptors (Lipinski definition) is 6. The van der Waals surface area contributed by atoms with Crippen LogP contribution in [0, 0.1) is 5.82 Å². The molecule has 2 bridgehead atoms. The molecule has 1 aliphatic rings. The Balaban J connectivity index is 1.84. The average molecular weight is 419 g/mol. The van der Waals surface area contributed by atoms with Gasteiger partial charge in [0.05, 0.1) is 36.0 Å². The van der Waals surface area contributed by atoms with Crippen molar-refractivity contribution in [3.63, 3.8) is 0 Å². The Morgan fingerprint density at radius 1 is 1.17 bits per heavy atom. The van der Waals surface area contributed by atoms with E-state index in [0.717, 1.165) is 16.6 Å². The summed E-state index contributed by atoms with van der Waals surface area (Å²) in [6.07, 6.45) is 1.70. The number of aliphatic hydroxyl groups is 2. The summed E-state index contributed by atoms with van der Waals surface area (Å²) >= 11 is 6.01. The number of benzene rings is 2. The van der Waals surface area contributed by atoms with Crippen LogP contribution in [0.4, 0.5) is 15.8 Å². The second kappa shape index (κ2) is 8.12. The summed E-state index contributed by atoms with van der Waals surface area (Å²) in [5.41, 5.74) is 0.761. The van der Waals surface area contributed by atoms with Gasteiger partial charge < -0.3 is 24.6 Å². The third-order valence-electron chi connectivity index (χ3n) is 4.83. The van der Waals surface area contributed by atoms with Crippen LogP contribution in [-0.2, 0) is 4.74 Å². The Morgan fingerprint density at radius 2 is 2.03 bits per heavy atom. The van der Waals surface area contributed by atoms with Gasteiger partial charge in [0.2, 0.25) is 0 Å². The molecule has 2 heterocycles. The lowest BCUT2D eigenvalue weighted by molar-refractivity contribution is -0.0982. The molecule has 3 aromatic rings. The van der Waals surface area contributed by atoms with Crippen LogP contribution in [0.3, 0.4) is 0 Å². The summed E-state index contributed by atoms with van der Waals surface area (Å²) in [6.45, 7) is -0.0337. The molecule has 4 rings (SSSR count). The van der Waals surface area contributed by atoms with Gasteiger partial charge in [0, 0.05) is 23.8 Å². The standard InChI is InChI=1S/C21H20ClFN2O4/c22-17-9-14(1-3-18(17)23)25-7-8-28-12-21(27,11-26)13-29-15-2-4-19-16(10-15)20(25)5-6-24-19/h1-6,9-10,26-27H,7-8,11-13H2. The minimum Gasteiger partial charge on any atom is -0.490 e. The fourth-order valence-electron chi connectivity index (χ4n) is 3.25. The van der Waals surface area contributed by atoms with E-state index in [9.17, 15) is 14.6 Å². The number of nitrogens with zero attached hydrogens (tertiary/aromatic N) is 2. The van der Waals surface area contributed by atoms with Gasteiger partial charge in [-0.1, -0.05) is 11.6 Å². The van der Waals surface area contributed by atoms with E-state index in [4.69, 9.17) is 21.1 Å². The molecule has 1 atom stereocenters. The summed E-state index contributed by atoms with van der Waals surface area (Å²) in [5, 5.41) is 20.9. The van der Waals surface area contributed by atoms with Crippen molar-refractivity contribution in [1.29, 1.82) is 0 Å². The lowest BCUT2D eigenvalue weighted by Gasteiger charge is -2.30. The molecule has 0 saturated carbocycles. The second-order valence-electron chi connectivity index (χ2n) is 6.98. The van der Waals surface area contributed by atoms with E-state index in [0.29, 0.717) is 18.0 Å². The van der Waals surface area contributed by atoms with Gasteiger partial charge in [0.15, 0.2) is 0 Å². The molecular weight excluding hydrogens is 399 g/mol. The molecule has 0 spiro atoms. The molecule has 1 aliphatic heterocycles. The lowest BCUT2D eigenvalue weighted by atomic mass is 10.1. The van der Waals surface area contributed by atoms with Gasteiger partial charge in [-0.2, -0.15) is 0 Å². The Morgan fingerprint density at radius 3 is 2.83 bits per heavy atom. The summed E-state index contributed by atoms with van der Waals surface area (Å²) < 4.78 is 25.0. The van der Waals surface area contributed by atoms with Gasteiger partial charge in [-0.05, 0) is 42.5 Å². The van der Waals surface area contributed by atoms with E-state index in [-0.39, 0.29) is 24.8 Å². The highest BCUT2D eigenvalue weighted by molar-refractivity contribution is 6.31. The Hall–Kier alpha value is -2.45. The Bertz CT molecular complexity index is 1030. The number of anilines is 2. The molecule has 8 heteroatoms. The molecule has 1 aromatic heterocycles. The number of rotatable bonds is 2. The van der Waals surface area contributed by atoms with E-state index in [2.05, 4.69) is 4.98 Å². The average Bonchev–Trinajstić information content (AvgIpc) is 2.73. The monoisotopic (exact) mass is 418 g/mol. The van der Waals surface area contributed by atoms with Crippen molar-refractivity contribution < 1.29 is 24.1 Å². The normalized spacial score (nSPS) is 20.2. The van der Waals surface area contributed by atoms with E-state index in [1.54, 1.807) is 24.4 Å². The molecule has 0 fully saturated rings. The molecule has 2 aromatic carbocycles. The molecule has 0 saturated heterocycles. The van der Waals surface area contributed by atoms with Crippen LogP contribution in [0.2, 0.25) is 5.02 Å². The maximum absolute atomic E-state index is 13.7. The van der Waals surface area contributed by atoms with E-state index in [1.807, 2.05) is 23.1 Å². The Labute approximate surface area is 172 Å². The number of aromatic nitrogens is 1. The van der Waals surface area contributed by atoms with Crippen LogP contribution in [0.15, 0.2) is 48.7 Å². The van der Waals surface area contributed by atoms with Gasteiger partial charge in [-0.25, -0.2) is 4.39 Å². The smallest absolute Gasteiger partial charge is 0.145 e. The van der Waals surface area contributed by atoms with Gasteiger partial charge in [0.1, 0.15) is 23.8 Å². The highest BCUT2D eigenvalue weighted by Gasteiger charge is 2.28. The first-order valence-corrected chi connectivity index (χ1v) is 9.52. The van der Waals surface area contributed by atoms with E-state index < -0.39 is 18.0 Å². The third kappa shape index (κ3) is 4.13. The third-order valence-corrected chi connectivity index (χ3v) is 5.12. The van der Waals surface area contributed by atoms with Crippen molar-refractivity contribution in [2.75, 3.05) is 37.9 Å². The van der Waals surface area contributed by atoms with Crippen molar-refractivity contribution in [3.8, 4) is 5.75 Å². The van der Waals surface area contributed by atoms with Crippen molar-refractivity contribution >= 4 is 33.9 Å². The molecule has 0 amide bonds. The number of halogens is 2. The number of hydrogen-bond donors (Lipinski definition) is 2. The Kier molecular flexibility index (Phi) is 5.56. The van der Waals surface area contributed by atoms with E-state index >= 15 is 0 Å². The summed E-state index contributed by atoms with van der Waals surface area (Å²) in [7, 11) is 0. The molecule has 6 nitrogen and oxygen atoms in total. The number of aliphatic hydroxyl groups excluding tert-OH is 1. The van der Waals surface area contributed by atoms with Gasteiger partial charge in [-0.15, -0.1) is 0 Å². The topological polar surface area (TPSA) is 75.0 Å². The first kappa shape index (κ1) is 19.8. The SMILES string of the molecule is OCC1(O)COCCN(c2ccc(F)c(Cl)c2)c2ccnc3ccc(cc23)OC1. The van der Waals surface area contributed by atoms with Crippen LogP contribution < -0.4 is 9.64 Å². The molecular formula is C21H20ClFN2O4. The molecule has 0 radical (unpaired) electrons. The summed E-state index contributed by atoms with van der Waals surface area (Å²) in [5.74, 6) is 0.0283. The zero-order chi connectivity index (χ0) is 20.4. The lowest BCUT2D eigenvalue weighted by Crippen LogP contribution is -2.45. The van der Waals surface area contributed by atoms with Gasteiger partial charge in [-0.3, -0.25) is 4.98 Å². The molecule has 29 heavy (non-hydrogen) atoms. The highest BCUT2D eigenvalue weighted by atomic mass is 35.5. The molecule has 0 aliphatic carbocycles. The zero-order valence-electron chi connectivity index (χ0n) is 15.5. The van der Waals surface area contributed by atoms with Crippen LogP contribution in [0.5, 0.6) is 5.75 Å². The highest BCUT2D eigenvalue weighted by Crippen LogP contribution is 2.35. The van der Waals surface area contributed by atoms with Gasteiger partial charge in [0.25, 0.3) is 0 Å².